The molecule has 0 saturated carbocycles. The number of aliphatic hydroxyl groups excluding tert-OH is 1. The number of carbonyl (C=O) groups excluding carboxylic acids is 2. The van der Waals surface area contributed by atoms with E-state index in [9.17, 15) is 14.7 Å². The van der Waals surface area contributed by atoms with Gasteiger partial charge < -0.3 is 5.11 Å². The van der Waals surface area contributed by atoms with Crippen molar-refractivity contribution in [1.82, 2.24) is 0 Å². The minimum absolute atomic E-state index is 0.0533. The first kappa shape index (κ1) is 15.5. The summed E-state index contributed by atoms with van der Waals surface area (Å²) in [4.78, 5) is 26.2. The predicted octanol–water partition coefficient (Wildman–Crippen LogP) is 3.47. The lowest BCUT2D eigenvalue weighted by Gasteiger charge is -2.32. The molecule has 1 N–H and O–H groups in total. The maximum atomic E-state index is 12.6. The highest BCUT2D eigenvalue weighted by atomic mass is 16.3. The van der Waals surface area contributed by atoms with Crippen LogP contribution in [0.4, 0.5) is 5.69 Å². The predicted molar refractivity (Wildman–Crippen MR) is 89.3 cm³/mol. The number of nitrogens with zero attached hydrogens (tertiary/aromatic N) is 1. The van der Waals surface area contributed by atoms with Crippen molar-refractivity contribution in [3.8, 4) is 0 Å². The van der Waals surface area contributed by atoms with Crippen LogP contribution < -0.4 is 4.90 Å². The van der Waals surface area contributed by atoms with Gasteiger partial charge in [-0.15, -0.1) is 0 Å². The van der Waals surface area contributed by atoms with Gasteiger partial charge in [0.25, 0.3) is 5.91 Å². The number of allylic oxidation sites excluding steroid dienone is 1. The van der Waals surface area contributed by atoms with Crippen LogP contribution in [-0.4, -0.2) is 22.8 Å². The third-order valence-electron chi connectivity index (χ3n) is 4.64. The van der Waals surface area contributed by atoms with Crippen LogP contribution in [0.2, 0.25) is 0 Å². The minimum atomic E-state index is -0.483. The van der Waals surface area contributed by atoms with Gasteiger partial charge in [-0.25, -0.2) is 0 Å². The summed E-state index contributed by atoms with van der Waals surface area (Å²) in [5, 5.41) is 10.3. The Bertz CT molecular complexity index is 700. The lowest BCUT2D eigenvalue weighted by Crippen LogP contribution is -2.41. The molecule has 3 rings (SSSR count). The second-order valence-electron chi connectivity index (χ2n) is 6.30. The van der Waals surface area contributed by atoms with E-state index in [2.05, 4.69) is 12.2 Å². The maximum Gasteiger partial charge on any atom is 0.294 e. The second kappa shape index (κ2) is 6.03. The highest BCUT2D eigenvalue weighted by Crippen LogP contribution is 2.38. The Labute approximate surface area is 136 Å². The first-order valence-electron chi connectivity index (χ1n) is 8.01. The van der Waals surface area contributed by atoms with Gasteiger partial charge in [0.05, 0.1) is 11.6 Å². The number of rotatable bonds is 3. The average molecular weight is 311 g/mol. The van der Waals surface area contributed by atoms with E-state index in [0.717, 1.165) is 24.8 Å². The van der Waals surface area contributed by atoms with Gasteiger partial charge in [0, 0.05) is 11.6 Å². The summed E-state index contributed by atoms with van der Waals surface area (Å²) in [5.74, 6) is -1.07. The molecule has 23 heavy (non-hydrogen) atoms. The minimum Gasteiger partial charge on any atom is -0.503 e. The first-order chi connectivity index (χ1) is 11.0. The molecule has 1 aromatic carbocycles. The van der Waals surface area contributed by atoms with E-state index in [0.29, 0.717) is 5.69 Å². The summed E-state index contributed by atoms with van der Waals surface area (Å²) < 4.78 is 0. The zero-order chi connectivity index (χ0) is 16.6. The Kier molecular flexibility index (Phi) is 4.07. The molecule has 1 aromatic rings. The summed E-state index contributed by atoms with van der Waals surface area (Å²) in [7, 11) is 0. The molecule has 1 aliphatic heterocycles. The molecule has 2 atom stereocenters. The standard InChI is InChI=1S/C19H21NO3/c1-12-8-10-15(11-9-12)20-17(14-6-4-3-5-7-14)16(13(2)21)18(22)19(20)23/h4,6,8-11,14,17,22H,3,5,7H2,1-2H3. The third kappa shape index (κ3) is 2.69. The fourth-order valence-corrected chi connectivity index (χ4v) is 3.49. The number of anilines is 1. The number of carbonyl (C=O) groups is 2. The van der Waals surface area contributed by atoms with E-state index < -0.39 is 17.7 Å². The summed E-state index contributed by atoms with van der Waals surface area (Å²) in [6.45, 7) is 3.39. The van der Waals surface area contributed by atoms with Crippen molar-refractivity contribution in [3.63, 3.8) is 0 Å². The average Bonchev–Trinajstić information content (AvgIpc) is 2.81. The van der Waals surface area contributed by atoms with E-state index >= 15 is 0 Å². The van der Waals surface area contributed by atoms with Gasteiger partial charge in [-0.05, 0) is 45.2 Å². The molecule has 0 spiro atoms. The number of hydrogen-bond donors (Lipinski definition) is 1. The molecule has 2 aliphatic rings. The van der Waals surface area contributed by atoms with Gasteiger partial charge in [-0.3, -0.25) is 14.5 Å². The largest absolute Gasteiger partial charge is 0.503 e. The summed E-state index contributed by atoms with van der Waals surface area (Å²) in [6.07, 6.45) is 7.12. The number of benzene rings is 1. The number of hydrogen-bond acceptors (Lipinski definition) is 3. The van der Waals surface area contributed by atoms with Crippen LogP contribution >= 0.6 is 0 Å². The number of ketones is 1. The number of aryl methyl sites for hydroxylation is 1. The number of amides is 1. The fourth-order valence-electron chi connectivity index (χ4n) is 3.49. The van der Waals surface area contributed by atoms with Gasteiger partial charge >= 0.3 is 0 Å². The zero-order valence-corrected chi connectivity index (χ0v) is 13.5. The monoisotopic (exact) mass is 311 g/mol. The molecule has 1 heterocycles. The molecule has 0 fully saturated rings. The van der Waals surface area contributed by atoms with Gasteiger partial charge in [0.2, 0.25) is 0 Å². The third-order valence-corrected chi connectivity index (χ3v) is 4.64. The molecule has 0 bridgehead atoms. The van der Waals surface area contributed by atoms with Crippen molar-refractivity contribution >= 4 is 17.4 Å². The first-order valence-corrected chi connectivity index (χ1v) is 8.01. The van der Waals surface area contributed by atoms with Crippen LogP contribution in [0, 0.1) is 12.8 Å². The van der Waals surface area contributed by atoms with Crippen molar-refractivity contribution in [2.24, 2.45) is 5.92 Å². The van der Waals surface area contributed by atoms with Crippen LogP contribution in [0.1, 0.15) is 31.7 Å². The van der Waals surface area contributed by atoms with E-state index in [1.807, 2.05) is 31.2 Å². The van der Waals surface area contributed by atoms with Crippen LogP contribution in [0.25, 0.3) is 0 Å². The maximum absolute atomic E-state index is 12.6. The molecule has 4 heteroatoms. The summed E-state index contributed by atoms with van der Waals surface area (Å²) in [6, 6.07) is 7.17. The lowest BCUT2D eigenvalue weighted by atomic mass is 9.84. The molecular formula is C19H21NO3. The lowest BCUT2D eigenvalue weighted by molar-refractivity contribution is -0.117. The smallest absolute Gasteiger partial charge is 0.294 e. The van der Waals surface area contributed by atoms with Gasteiger partial charge in [0.15, 0.2) is 11.5 Å². The summed E-state index contributed by atoms with van der Waals surface area (Å²) in [5.41, 5.74) is 2.05. The van der Waals surface area contributed by atoms with E-state index in [4.69, 9.17) is 0 Å². The molecule has 1 aliphatic carbocycles. The number of Topliss-reactive ketones (excluding diaryl/α,β-unsaturated/α-hetero) is 1. The molecular weight excluding hydrogens is 290 g/mol. The summed E-state index contributed by atoms with van der Waals surface area (Å²) >= 11 is 0. The Morgan fingerprint density at radius 1 is 1.26 bits per heavy atom. The second-order valence-corrected chi connectivity index (χ2v) is 6.30. The van der Waals surface area contributed by atoms with Crippen molar-refractivity contribution < 1.29 is 14.7 Å². The molecule has 0 saturated heterocycles. The number of aliphatic hydroxyl groups is 1. The van der Waals surface area contributed by atoms with Gasteiger partial charge in [-0.1, -0.05) is 29.8 Å². The molecule has 2 unspecified atom stereocenters. The van der Waals surface area contributed by atoms with Crippen molar-refractivity contribution in [3.05, 3.63) is 53.3 Å². The fraction of sp³-hybridized carbons (Fsp3) is 0.368. The van der Waals surface area contributed by atoms with Crippen LogP contribution in [-0.2, 0) is 9.59 Å². The molecule has 0 radical (unpaired) electrons. The van der Waals surface area contributed by atoms with Gasteiger partial charge in [-0.2, -0.15) is 0 Å². The normalized spacial score (nSPS) is 24.4. The Morgan fingerprint density at radius 3 is 2.52 bits per heavy atom. The Hall–Kier alpha value is -2.36. The zero-order valence-electron chi connectivity index (χ0n) is 13.5. The van der Waals surface area contributed by atoms with Gasteiger partial charge in [0.1, 0.15) is 0 Å². The highest BCUT2D eigenvalue weighted by Gasteiger charge is 2.45. The molecule has 120 valence electrons. The SMILES string of the molecule is CC(=O)C1=C(O)C(=O)N(c2ccc(C)cc2)C1C1C=CCCC1. The highest BCUT2D eigenvalue weighted by molar-refractivity contribution is 6.16. The molecule has 4 nitrogen and oxygen atoms in total. The van der Waals surface area contributed by atoms with Crippen molar-refractivity contribution in [1.29, 1.82) is 0 Å². The van der Waals surface area contributed by atoms with E-state index in [1.165, 1.54) is 6.92 Å². The Balaban J connectivity index is 2.08. The van der Waals surface area contributed by atoms with Crippen LogP contribution in [0.5, 0.6) is 0 Å². The van der Waals surface area contributed by atoms with Crippen molar-refractivity contribution in [2.75, 3.05) is 4.90 Å². The van der Waals surface area contributed by atoms with E-state index in [1.54, 1.807) is 4.90 Å². The quantitative estimate of drug-likeness (QED) is 0.870. The topological polar surface area (TPSA) is 57.6 Å². The van der Waals surface area contributed by atoms with Crippen molar-refractivity contribution in [2.45, 2.75) is 39.2 Å². The molecule has 1 amide bonds. The Morgan fingerprint density at radius 2 is 1.96 bits per heavy atom. The van der Waals surface area contributed by atoms with Crippen LogP contribution in [0.15, 0.2) is 47.7 Å². The van der Waals surface area contributed by atoms with E-state index in [-0.39, 0.29) is 17.3 Å². The molecule has 0 aromatic heterocycles. The van der Waals surface area contributed by atoms with Crippen LogP contribution in [0.3, 0.4) is 0 Å².